The van der Waals surface area contributed by atoms with E-state index in [2.05, 4.69) is 5.32 Å². The normalized spacial score (nSPS) is 11.4. The van der Waals surface area contributed by atoms with Gasteiger partial charge in [-0.1, -0.05) is 31.5 Å². The molecule has 2 rings (SSSR count). The van der Waals surface area contributed by atoms with Crippen molar-refractivity contribution in [3.63, 3.8) is 0 Å². The minimum absolute atomic E-state index is 0.161. The van der Waals surface area contributed by atoms with E-state index in [1.54, 1.807) is 24.3 Å². The zero-order chi connectivity index (χ0) is 19.3. The Morgan fingerprint density at radius 1 is 1.15 bits per heavy atom. The van der Waals surface area contributed by atoms with E-state index < -0.39 is 21.0 Å². The van der Waals surface area contributed by atoms with Crippen LogP contribution in [0.4, 0.5) is 5.69 Å². The smallest absolute Gasteiger partial charge is 0.255 e. The van der Waals surface area contributed by atoms with Crippen LogP contribution in [0.5, 0.6) is 5.75 Å². The number of amides is 1. The number of hydrogen-bond donors (Lipinski definition) is 1. The fourth-order valence-electron chi connectivity index (χ4n) is 2.71. The molecule has 5 nitrogen and oxygen atoms in total. The molecule has 0 saturated heterocycles. The standard InChI is InChI=1S/C19H22ClNO4S/c1-4-15(5-2)26(23,24)16-9-10-18(25-3)17(12-16)21-19(22)13-7-6-8-14(20)11-13/h6-12,15H,4-5H2,1-3H3,(H,21,22). The average Bonchev–Trinajstić information content (AvgIpc) is 2.62. The molecule has 1 N–H and O–H groups in total. The van der Waals surface area contributed by atoms with Gasteiger partial charge in [-0.25, -0.2) is 8.42 Å². The summed E-state index contributed by atoms with van der Waals surface area (Å²) in [7, 11) is -2.03. The molecule has 0 spiro atoms. The summed E-state index contributed by atoms with van der Waals surface area (Å²) < 4.78 is 30.8. The molecule has 1 amide bonds. The van der Waals surface area contributed by atoms with Crippen LogP contribution in [-0.2, 0) is 9.84 Å². The quantitative estimate of drug-likeness (QED) is 0.745. The predicted molar refractivity (Wildman–Crippen MR) is 104 cm³/mol. The van der Waals surface area contributed by atoms with Crippen LogP contribution < -0.4 is 10.1 Å². The molecule has 0 aliphatic carbocycles. The first-order chi connectivity index (χ1) is 12.3. The Morgan fingerprint density at radius 2 is 1.85 bits per heavy atom. The van der Waals surface area contributed by atoms with E-state index >= 15 is 0 Å². The number of halogens is 1. The topological polar surface area (TPSA) is 72.5 Å². The Kier molecular flexibility index (Phi) is 6.67. The van der Waals surface area contributed by atoms with E-state index in [9.17, 15) is 13.2 Å². The first kappa shape index (κ1) is 20.3. The number of benzene rings is 2. The first-order valence-electron chi connectivity index (χ1n) is 8.32. The lowest BCUT2D eigenvalue weighted by Crippen LogP contribution is -2.20. The number of carbonyl (C=O) groups excluding carboxylic acids is 1. The highest BCUT2D eigenvalue weighted by Crippen LogP contribution is 2.30. The van der Waals surface area contributed by atoms with Gasteiger partial charge in [0.15, 0.2) is 9.84 Å². The lowest BCUT2D eigenvalue weighted by atomic mass is 10.2. The van der Waals surface area contributed by atoms with Crippen LogP contribution in [0.25, 0.3) is 0 Å². The van der Waals surface area contributed by atoms with Crippen LogP contribution in [0, 0.1) is 0 Å². The third-order valence-corrected chi connectivity index (χ3v) is 6.87. The second kappa shape index (κ2) is 8.56. The number of anilines is 1. The summed E-state index contributed by atoms with van der Waals surface area (Å²) in [5, 5.41) is 2.68. The fraction of sp³-hybridized carbons (Fsp3) is 0.316. The highest BCUT2D eigenvalue weighted by Gasteiger charge is 2.25. The highest BCUT2D eigenvalue weighted by atomic mass is 35.5. The molecule has 140 valence electrons. The summed E-state index contributed by atoms with van der Waals surface area (Å²) in [5.41, 5.74) is 0.664. The van der Waals surface area contributed by atoms with E-state index in [1.165, 1.54) is 25.3 Å². The zero-order valence-corrected chi connectivity index (χ0v) is 16.5. The summed E-state index contributed by atoms with van der Waals surface area (Å²) in [6.07, 6.45) is 1.05. The number of methoxy groups -OCH3 is 1. The van der Waals surface area contributed by atoms with Gasteiger partial charge < -0.3 is 10.1 Å². The van der Waals surface area contributed by atoms with Gasteiger partial charge in [0.2, 0.25) is 0 Å². The van der Waals surface area contributed by atoms with E-state index in [0.717, 1.165) is 0 Å². The molecule has 0 heterocycles. The Balaban J connectivity index is 2.40. The lowest BCUT2D eigenvalue weighted by molar-refractivity contribution is 0.102. The summed E-state index contributed by atoms with van der Waals surface area (Å²) in [6.45, 7) is 3.69. The number of nitrogens with one attached hydrogen (secondary N) is 1. The molecule has 0 fully saturated rings. The second-order valence-electron chi connectivity index (χ2n) is 5.81. The molecule has 7 heteroatoms. The van der Waals surface area contributed by atoms with Crippen molar-refractivity contribution >= 4 is 33.0 Å². The molecule has 0 aromatic heterocycles. The number of rotatable bonds is 7. The molecular formula is C19H22ClNO4S. The van der Waals surface area contributed by atoms with Crippen molar-refractivity contribution in [2.24, 2.45) is 0 Å². The van der Waals surface area contributed by atoms with Crippen molar-refractivity contribution in [2.45, 2.75) is 36.8 Å². The van der Waals surface area contributed by atoms with Gasteiger partial charge in [-0.3, -0.25) is 4.79 Å². The summed E-state index contributed by atoms with van der Waals surface area (Å²) in [5.74, 6) is -0.0215. The van der Waals surface area contributed by atoms with Crippen molar-refractivity contribution < 1.29 is 17.9 Å². The molecule has 0 bridgehead atoms. The van der Waals surface area contributed by atoms with Gasteiger partial charge in [-0.05, 0) is 49.2 Å². The fourth-order valence-corrected chi connectivity index (χ4v) is 4.70. The Bertz CT molecular complexity index is 892. The number of sulfone groups is 1. The summed E-state index contributed by atoms with van der Waals surface area (Å²) >= 11 is 5.92. The molecule has 0 aliphatic rings. The highest BCUT2D eigenvalue weighted by molar-refractivity contribution is 7.92. The Hall–Kier alpha value is -2.05. The first-order valence-corrected chi connectivity index (χ1v) is 10.2. The molecule has 0 radical (unpaired) electrons. The van der Waals surface area contributed by atoms with E-state index in [-0.39, 0.29) is 4.90 Å². The van der Waals surface area contributed by atoms with E-state index in [1.807, 2.05) is 13.8 Å². The monoisotopic (exact) mass is 395 g/mol. The van der Waals surface area contributed by atoms with Gasteiger partial charge >= 0.3 is 0 Å². The third-order valence-electron chi connectivity index (χ3n) is 4.18. The van der Waals surface area contributed by atoms with Gasteiger partial charge in [-0.15, -0.1) is 0 Å². The minimum Gasteiger partial charge on any atom is -0.495 e. The maximum Gasteiger partial charge on any atom is 0.255 e. The van der Waals surface area contributed by atoms with Gasteiger partial charge in [0.25, 0.3) is 5.91 Å². The molecule has 0 unspecified atom stereocenters. The van der Waals surface area contributed by atoms with Crippen molar-refractivity contribution in [3.05, 3.63) is 53.1 Å². The van der Waals surface area contributed by atoms with Crippen molar-refractivity contribution in [1.29, 1.82) is 0 Å². The number of hydrogen-bond acceptors (Lipinski definition) is 4. The van der Waals surface area contributed by atoms with E-state index in [0.29, 0.717) is 34.9 Å². The molecule has 0 saturated carbocycles. The van der Waals surface area contributed by atoms with Gasteiger partial charge in [-0.2, -0.15) is 0 Å². The van der Waals surface area contributed by atoms with Gasteiger partial charge in [0.05, 0.1) is 22.9 Å². The van der Waals surface area contributed by atoms with Crippen molar-refractivity contribution in [1.82, 2.24) is 0 Å². The summed E-state index contributed by atoms with van der Waals surface area (Å²) in [6, 6.07) is 11.0. The molecule has 0 atom stereocenters. The average molecular weight is 396 g/mol. The molecule has 26 heavy (non-hydrogen) atoms. The molecule has 2 aromatic carbocycles. The van der Waals surface area contributed by atoms with Gasteiger partial charge in [0.1, 0.15) is 5.75 Å². The van der Waals surface area contributed by atoms with Crippen molar-refractivity contribution in [2.75, 3.05) is 12.4 Å². The number of ether oxygens (including phenoxy) is 1. The van der Waals surface area contributed by atoms with Crippen molar-refractivity contribution in [3.8, 4) is 5.75 Å². The van der Waals surface area contributed by atoms with Crippen LogP contribution in [0.15, 0.2) is 47.4 Å². The maximum absolute atomic E-state index is 12.8. The largest absolute Gasteiger partial charge is 0.495 e. The Labute approximate surface area is 159 Å². The van der Waals surface area contributed by atoms with Crippen LogP contribution in [0.1, 0.15) is 37.0 Å². The van der Waals surface area contributed by atoms with Crippen LogP contribution in [0.3, 0.4) is 0 Å². The number of carbonyl (C=O) groups is 1. The molecular weight excluding hydrogens is 374 g/mol. The minimum atomic E-state index is -3.48. The molecule has 2 aromatic rings. The second-order valence-corrected chi connectivity index (χ2v) is 8.47. The summed E-state index contributed by atoms with van der Waals surface area (Å²) in [4.78, 5) is 12.6. The maximum atomic E-state index is 12.8. The van der Waals surface area contributed by atoms with Crippen LogP contribution in [-0.4, -0.2) is 26.7 Å². The predicted octanol–water partition coefficient (Wildman–Crippen LogP) is 4.56. The van der Waals surface area contributed by atoms with Gasteiger partial charge in [0, 0.05) is 10.6 Å². The lowest BCUT2D eigenvalue weighted by Gasteiger charge is -2.16. The Morgan fingerprint density at radius 3 is 2.42 bits per heavy atom. The van der Waals surface area contributed by atoms with Crippen LogP contribution in [0.2, 0.25) is 5.02 Å². The molecule has 0 aliphatic heterocycles. The third kappa shape index (κ3) is 4.37. The van der Waals surface area contributed by atoms with Crippen LogP contribution >= 0.6 is 11.6 Å². The SMILES string of the molecule is CCC(CC)S(=O)(=O)c1ccc(OC)c(NC(=O)c2cccc(Cl)c2)c1. The van der Waals surface area contributed by atoms with E-state index in [4.69, 9.17) is 16.3 Å². The zero-order valence-electron chi connectivity index (χ0n) is 15.0.